The number of rotatable bonds is 4. The normalized spacial score (nSPS) is 24.8. The van der Waals surface area contributed by atoms with Crippen molar-refractivity contribution in [1.29, 1.82) is 0 Å². The lowest BCUT2D eigenvalue weighted by Crippen LogP contribution is -1.94. The number of hydrogen-bond donors (Lipinski definition) is 0. The van der Waals surface area contributed by atoms with Crippen LogP contribution in [0.15, 0.2) is 12.3 Å². The van der Waals surface area contributed by atoms with Gasteiger partial charge in [-0.05, 0) is 6.42 Å². The van der Waals surface area contributed by atoms with Gasteiger partial charge in [0.25, 0.3) is 0 Å². The smallest absolute Gasteiger partial charge is 0.116 e. The molecule has 1 aliphatic rings. The van der Waals surface area contributed by atoms with Crippen molar-refractivity contribution in [1.82, 2.24) is 0 Å². The third kappa shape index (κ3) is 3.14. The number of hydrogen-bond acceptors (Lipinski definition) is 2. The van der Waals surface area contributed by atoms with E-state index in [0.717, 1.165) is 19.6 Å². The van der Waals surface area contributed by atoms with Crippen LogP contribution in [0.2, 0.25) is 0 Å². The van der Waals surface area contributed by atoms with E-state index in [1.54, 1.807) is 6.26 Å². The average Bonchev–Trinajstić information content (AvgIpc) is 2.63. The molecule has 2 heteroatoms. The van der Waals surface area contributed by atoms with E-state index in [1.165, 1.54) is 0 Å². The first-order chi connectivity index (χ1) is 4.43. The highest BCUT2D eigenvalue weighted by Gasteiger charge is 2.22. The van der Waals surface area contributed by atoms with Gasteiger partial charge < -0.3 is 9.47 Å². The van der Waals surface area contributed by atoms with E-state index >= 15 is 0 Å². The second-order valence-electron chi connectivity index (χ2n) is 2.07. The Kier molecular flexibility index (Phi) is 2.58. The summed E-state index contributed by atoms with van der Waals surface area (Å²) in [7, 11) is 0. The second kappa shape index (κ2) is 3.51. The minimum atomic E-state index is 0.381. The fourth-order valence-electron chi connectivity index (χ4n) is 0.491. The maximum absolute atomic E-state index is 5.09. The molecule has 1 saturated heterocycles. The molecule has 2 nitrogen and oxygen atoms in total. The largest absolute Gasteiger partial charge is 0.499 e. The molecule has 0 saturated carbocycles. The predicted octanol–water partition coefficient (Wildman–Crippen LogP) is 1.33. The first-order valence-electron chi connectivity index (χ1n) is 3.31. The van der Waals surface area contributed by atoms with Gasteiger partial charge in [-0.1, -0.05) is 13.0 Å². The summed E-state index contributed by atoms with van der Waals surface area (Å²) in [5, 5.41) is 0. The maximum Gasteiger partial charge on any atom is 0.116 e. The zero-order chi connectivity index (χ0) is 6.53. The van der Waals surface area contributed by atoms with Crippen LogP contribution in [0.25, 0.3) is 0 Å². The van der Waals surface area contributed by atoms with Gasteiger partial charge in [0.2, 0.25) is 0 Å². The van der Waals surface area contributed by atoms with Crippen molar-refractivity contribution in [3.8, 4) is 0 Å². The summed E-state index contributed by atoms with van der Waals surface area (Å²) in [4.78, 5) is 0. The molecule has 1 rings (SSSR count). The first-order valence-corrected chi connectivity index (χ1v) is 3.31. The fraction of sp³-hybridized carbons (Fsp3) is 0.714. The fourth-order valence-corrected chi connectivity index (χ4v) is 0.491. The molecule has 1 aliphatic heterocycles. The van der Waals surface area contributed by atoms with Gasteiger partial charge in [0.05, 0.1) is 12.9 Å². The average molecular weight is 128 g/mol. The summed E-state index contributed by atoms with van der Waals surface area (Å²) >= 11 is 0. The van der Waals surface area contributed by atoms with Crippen molar-refractivity contribution in [3.05, 3.63) is 12.3 Å². The molecule has 1 unspecified atom stereocenters. The van der Waals surface area contributed by atoms with Gasteiger partial charge in [0, 0.05) is 0 Å². The Morgan fingerprint density at radius 1 is 1.78 bits per heavy atom. The summed E-state index contributed by atoms with van der Waals surface area (Å²) < 4.78 is 10.0. The van der Waals surface area contributed by atoms with Crippen LogP contribution in [0.4, 0.5) is 0 Å². The molecule has 1 fully saturated rings. The SMILES string of the molecule is CC/C=C/OCC1CO1. The maximum atomic E-state index is 5.09. The van der Waals surface area contributed by atoms with Gasteiger partial charge in [0.1, 0.15) is 12.7 Å². The quantitative estimate of drug-likeness (QED) is 0.421. The first kappa shape index (κ1) is 6.62. The Balaban J connectivity index is 1.85. The van der Waals surface area contributed by atoms with Gasteiger partial charge in [-0.15, -0.1) is 0 Å². The van der Waals surface area contributed by atoms with Crippen LogP contribution in [0.3, 0.4) is 0 Å². The molecule has 0 radical (unpaired) electrons. The molecular formula is C7H12O2. The van der Waals surface area contributed by atoms with Gasteiger partial charge >= 0.3 is 0 Å². The van der Waals surface area contributed by atoms with Crippen LogP contribution >= 0.6 is 0 Å². The third-order valence-corrected chi connectivity index (χ3v) is 1.11. The monoisotopic (exact) mass is 128 g/mol. The molecule has 0 N–H and O–H groups in total. The molecule has 0 aliphatic carbocycles. The van der Waals surface area contributed by atoms with E-state index in [0.29, 0.717) is 6.10 Å². The summed E-state index contributed by atoms with van der Waals surface area (Å²) in [5.41, 5.74) is 0. The van der Waals surface area contributed by atoms with E-state index < -0.39 is 0 Å². The molecule has 0 aromatic heterocycles. The lowest BCUT2D eigenvalue weighted by atomic mass is 10.5. The summed E-state index contributed by atoms with van der Waals surface area (Å²) in [6, 6.07) is 0. The lowest BCUT2D eigenvalue weighted by Gasteiger charge is -1.92. The van der Waals surface area contributed by atoms with E-state index in [4.69, 9.17) is 9.47 Å². The highest BCUT2D eigenvalue weighted by atomic mass is 16.6. The molecule has 1 heterocycles. The Morgan fingerprint density at radius 2 is 2.56 bits per heavy atom. The van der Waals surface area contributed by atoms with Gasteiger partial charge in [-0.2, -0.15) is 0 Å². The van der Waals surface area contributed by atoms with Crippen molar-refractivity contribution >= 4 is 0 Å². The minimum absolute atomic E-state index is 0.381. The molecule has 0 aromatic rings. The number of epoxide rings is 1. The summed E-state index contributed by atoms with van der Waals surface area (Å²) in [6.45, 7) is 3.67. The molecule has 52 valence electrons. The van der Waals surface area contributed by atoms with Crippen molar-refractivity contribution in [2.45, 2.75) is 19.4 Å². The second-order valence-corrected chi connectivity index (χ2v) is 2.07. The zero-order valence-electron chi connectivity index (χ0n) is 5.67. The van der Waals surface area contributed by atoms with Crippen molar-refractivity contribution in [2.75, 3.05) is 13.2 Å². The van der Waals surface area contributed by atoms with E-state index in [1.807, 2.05) is 6.08 Å². The highest BCUT2D eigenvalue weighted by molar-refractivity contribution is 4.74. The van der Waals surface area contributed by atoms with E-state index in [-0.39, 0.29) is 0 Å². The zero-order valence-corrected chi connectivity index (χ0v) is 5.67. The Hall–Kier alpha value is -0.500. The lowest BCUT2D eigenvalue weighted by molar-refractivity contribution is 0.212. The van der Waals surface area contributed by atoms with Crippen LogP contribution in [0.1, 0.15) is 13.3 Å². The summed E-state index contributed by atoms with van der Waals surface area (Å²) in [6.07, 6.45) is 5.14. The Bertz CT molecular complexity index is 95.1. The molecule has 0 bridgehead atoms. The van der Waals surface area contributed by atoms with Crippen LogP contribution < -0.4 is 0 Å². The van der Waals surface area contributed by atoms with Crippen LogP contribution in [-0.4, -0.2) is 19.3 Å². The third-order valence-electron chi connectivity index (χ3n) is 1.11. The topological polar surface area (TPSA) is 21.8 Å². The standard InChI is InChI=1S/C7H12O2/c1-2-3-4-8-5-7-6-9-7/h3-4,7H,2,5-6H2,1H3/b4-3+. The molecular weight excluding hydrogens is 116 g/mol. The van der Waals surface area contributed by atoms with Crippen LogP contribution in [0.5, 0.6) is 0 Å². The predicted molar refractivity (Wildman–Crippen MR) is 35.1 cm³/mol. The number of allylic oxidation sites excluding steroid dienone is 1. The van der Waals surface area contributed by atoms with Gasteiger partial charge in [-0.3, -0.25) is 0 Å². The van der Waals surface area contributed by atoms with Crippen molar-refractivity contribution < 1.29 is 9.47 Å². The van der Waals surface area contributed by atoms with Crippen molar-refractivity contribution in [3.63, 3.8) is 0 Å². The van der Waals surface area contributed by atoms with Crippen LogP contribution in [-0.2, 0) is 9.47 Å². The molecule has 0 aromatic carbocycles. The Morgan fingerprint density at radius 3 is 3.11 bits per heavy atom. The van der Waals surface area contributed by atoms with Crippen LogP contribution in [0, 0.1) is 0 Å². The minimum Gasteiger partial charge on any atom is -0.499 e. The van der Waals surface area contributed by atoms with Gasteiger partial charge in [-0.25, -0.2) is 0 Å². The van der Waals surface area contributed by atoms with Gasteiger partial charge in [0.15, 0.2) is 0 Å². The van der Waals surface area contributed by atoms with E-state index in [2.05, 4.69) is 6.92 Å². The molecule has 0 amide bonds. The molecule has 1 atom stereocenters. The highest BCUT2D eigenvalue weighted by Crippen LogP contribution is 2.08. The number of ether oxygens (including phenoxy) is 2. The summed E-state index contributed by atoms with van der Waals surface area (Å²) in [5.74, 6) is 0. The van der Waals surface area contributed by atoms with E-state index in [9.17, 15) is 0 Å². The molecule has 9 heavy (non-hydrogen) atoms. The Labute approximate surface area is 55.5 Å². The van der Waals surface area contributed by atoms with Crippen molar-refractivity contribution in [2.24, 2.45) is 0 Å². The molecule has 0 spiro atoms.